The van der Waals surface area contributed by atoms with Crippen LogP contribution in [0.2, 0.25) is 0 Å². The fourth-order valence-electron chi connectivity index (χ4n) is 1.80. The molecule has 0 aromatic rings. The maximum absolute atomic E-state index is 11.5. The molecule has 5 nitrogen and oxygen atoms in total. The van der Waals surface area contributed by atoms with Crippen LogP contribution in [0.25, 0.3) is 0 Å². The molecule has 0 aromatic carbocycles. The second-order valence-corrected chi connectivity index (χ2v) is 3.96. The Balaban J connectivity index is 2.04. The fraction of sp³-hybridized carbons (Fsp3) is 0.750. The first kappa shape index (κ1) is 9.79. The number of amides is 2. The quantitative estimate of drug-likeness (QED) is 0.594. The van der Waals surface area contributed by atoms with Gasteiger partial charge in [0.15, 0.2) is 0 Å². The average Bonchev–Trinajstić information content (AvgIpc) is 2.72. The summed E-state index contributed by atoms with van der Waals surface area (Å²) in [5, 5.41) is 0. The Kier molecular flexibility index (Phi) is 2.64. The summed E-state index contributed by atoms with van der Waals surface area (Å²) in [6, 6.07) is -0.438. The van der Waals surface area contributed by atoms with E-state index in [-0.39, 0.29) is 24.3 Å². The van der Waals surface area contributed by atoms with Crippen LogP contribution in [-0.2, 0) is 14.4 Å². The highest BCUT2D eigenvalue weighted by Crippen LogP contribution is 2.22. The van der Waals surface area contributed by atoms with Crippen molar-refractivity contribution in [3.05, 3.63) is 0 Å². The largest absolute Gasteiger partial charge is 0.328 e. The van der Waals surface area contributed by atoms with E-state index in [0.29, 0.717) is 18.7 Å². The Hall–Kier alpha value is -0.750. The monoisotopic (exact) mass is 216 g/mol. The Labute approximate surface area is 87.1 Å². The maximum atomic E-state index is 11.5. The topological polar surface area (TPSA) is 58.6 Å². The van der Waals surface area contributed by atoms with Crippen molar-refractivity contribution in [1.82, 2.24) is 10.4 Å². The molecule has 2 unspecified atom stereocenters. The number of carbonyl (C=O) groups excluding carboxylic acids is 2. The van der Waals surface area contributed by atoms with Crippen LogP contribution in [-0.4, -0.2) is 41.7 Å². The molecule has 0 radical (unpaired) electrons. The summed E-state index contributed by atoms with van der Waals surface area (Å²) in [6.07, 6.45) is 0.493. The first-order valence-corrected chi connectivity index (χ1v) is 5.17. The van der Waals surface area contributed by atoms with E-state index in [1.54, 1.807) is 4.90 Å². The maximum Gasteiger partial charge on any atom is 0.268 e. The lowest BCUT2D eigenvalue weighted by Gasteiger charge is -2.20. The van der Waals surface area contributed by atoms with Gasteiger partial charge in [0.25, 0.3) is 5.91 Å². The third-order valence-corrected chi connectivity index (χ3v) is 3.11. The molecule has 2 rings (SSSR count). The normalized spacial score (nSPS) is 32.5. The molecular formula is C8H12N2O3S. The second kappa shape index (κ2) is 3.78. The Morgan fingerprint density at radius 3 is 2.86 bits per heavy atom. The zero-order chi connectivity index (χ0) is 10.1. The van der Waals surface area contributed by atoms with Gasteiger partial charge in [-0.25, -0.2) is 5.48 Å². The minimum Gasteiger partial charge on any atom is -0.328 e. The summed E-state index contributed by atoms with van der Waals surface area (Å²) in [5.74, 6) is 0.740. The van der Waals surface area contributed by atoms with E-state index in [9.17, 15) is 9.59 Å². The molecular weight excluding hydrogens is 204 g/mol. The van der Waals surface area contributed by atoms with E-state index in [4.69, 9.17) is 4.84 Å². The van der Waals surface area contributed by atoms with Gasteiger partial charge in [0.05, 0.1) is 0 Å². The molecule has 1 N–H and O–H groups in total. The van der Waals surface area contributed by atoms with Crippen molar-refractivity contribution in [3.63, 3.8) is 0 Å². The molecule has 14 heavy (non-hydrogen) atoms. The van der Waals surface area contributed by atoms with Crippen molar-refractivity contribution in [3.8, 4) is 0 Å². The van der Waals surface area contributed by atoms with E-state index in [1.165, 1.54) is 0 Å². The summed E-state index contributed by atoms with van der Waals surface area (Å²) in [4.78, 5) is 29.2. The van der Waals surface area contributed by atoms with Crippen molar-refractivity contribution in [2.45, 2.75) is 12.5 Å². The average molecular weight is 216 g/mol. The minimum absolute atomic E-state index is 0.0229. The third-order valence-electron chi connectivity index (χ3n) is 2.59. The lowest BCUT2D eigenvalue weighted by Crippen LogP contribution is -2.43. The van der Waals surface area contributed by atoms with Crippen molar-refractivity contribution >= 4 is 24.4 Å². The van der Waals surface area contributed by atoms with Crippen LogP contribution in [0.5, 0.6) is 0 Å². The molecule has 2 saturated heterocycles. The van der Waals surface area contributed by atoms with Gasteiger partial charge in [-0.3, -0.25) is 14.4 Å². The molecule has 2 atom stereocenters. The smallest absolute Gasteiger partial charge is 0.268 e. The lowest BCUT2D eigenvalue weighted by molar-refractivity contribution is -0.135. The number of nitrogens with one attached hydrogen (secondary N) is 1. The molecule has 0 bridgehead atoms. The van der Waals surface area contributed by atoms with Gasteiger partial charge >= 0.3 is 0 Å². The Morgan fingerprint density at radius 2 is 2.36 bits per heavy atom. The first-order chi connectivity index (χ1) is 6.72. The van der Waals surface area contributed by atoms with E-state index >= 15 is 0 Å². The van der Waals surface area contributed by atoms with Crippen molar-refractivity contribution in [2.24, 2.45) is 5.92 Å². The summed E-state index contributed by atoms with van der Waals surface area (Å²) < 4.78 is 0. The molecule has 0 spiro atoms. The zero-order valence-corrected chi connectivity index (χ0v) is 8.50. The molecule has 2 aliphatic rings. The van der Waals surface area contributed by atoms with E-state index in [0.717, 1.165) is 0 Å². The molecule has 0 aromatic heterocycles. The fourth-order valence-corrected chi connectivity index (χ4v) is 2.04. The number of rotatable bonds is 2. The SMILES string of the molecule is O=C1NOCC1N1CC(CS)CC1=O. The van der Waals surface area contributed by atoms with Crippen LogP contribution >= 0.6 is 12.6 Å². The van der Waals surface area contributed by atoms with Gasteiger partial charge in [-0.05, 0) is 11.7 Å². The number of hydrogen-bond acceptors (Lipinski definition) is 4. The van der Waals surface area contributed by atoms with E-state index < -0.39 is 6.04 Å². The third kappa shape index (κ3) is 1.59. The van der Waals surface area contributed by atoms with Gasteiger partial charge in [0, 0.05) is 13.0 Å². The van der Waals surface area contributed by atoms with E-state index in [2.05, 4.69) is 18.1 Å². The molecule has 0 saturated carbocycles. The van der Waals surface area contributed by atoms with Crippen molar-refractivity contribution in [2.75, 3.05) is 18.9 Å². The van der Waals surface area contributed by atoms with Crippen molar-refractivity contribution < 1.29 is 14.4 Å². The predicted octanol–water partition coefficient (Wildman–Crippen LogP) is -0.805. The second-order valence-electron chi connectivity index (χ2n) is 3.59. The van der Waals surface area contributed by atoms with Crippen molar-refractivity contribution in [1.29, 1.82) is 0 Å². The summed E-state index contributed by atoms with van der Waals surface area (Å²) in [7, 11) is 0. The molecule has 78 valence electrons. The van der Waals surface area contributed by atoms with Crippen LogP contribution in [0, 0.1) is 5.92 Å². The van der Waals surface area contributed by atoms with Crippen LogP contribution in [0.4, 0.5) is 0 Å². The van der Waals surface area contributed by atoms with Crippen LogP contribution < -0.4 is 5.48 Å². The van der Waals surface area contributed by atoms with Gasteiger partial charge in [-0.1, -0.05) is 0 Å². The Bertz CT molecular complexity index is 271. The minimum atomic E-state index is -0.438. The van der Waals surface area contributed by atoms with Gasteiger partial charge in [-0.2, -0.15) is 12.6 Å². The molecule has 6 heteroatoms. The van der Waals surface area contributed by atoms with Crippen LogP contribution in [0.1, 0.15) is 6.42 Å². The summed E-state index contributed by atoms with van der Waals surface area (Å²) in [5.41, 5.74) is 2.25. The standard InChI is InChI=1S/C8H12N2O3S/c11-7-1-5(4-14)2-10(7)6-3-13-9-8(6)12/h5-6,14H,1-4H2,(H,9,12). The zero-order valence-electron chi connectivity index (χ0n) is 7.60. The highest BCUT2D eigenvalue weighted by atomic mass is 32.1. The highest BCUT2D eigenvalue weighted by Gasteiger charge is 2.39. The summed E-state index contributed by atoms with van der Waals surface area (Å²) in [6.45, 7) is 0.869. The van der Waals surface area contributed by atoms with Gasteiger partial charge in [0.1, 0.15) is 12.6 Å². The predicted molar refractivity (Wildman–Crippen MR) is 51.6 cm³/mol. The number of carbonyl (C=O) groups is 2. The number of nitrogens with zero attached hydrogens (tertiary/aromatic N) is 1. The number of hydroxylamine groups is 1. The van der Waals surface area contributed by atoms with Gasteiger partial charge < -0.3 is 4.90 Å². The molecule has 2 fully saturated rings. The Morgan fingerprint density at radius 1 is 1.57 bits per heavy atom. The van der Waals surface area contributed by atoms with E-state index in [1.807, 2.05) is 0 Å². The van der Waals surface area contributed by atoms with Crippen LogP contribution in [0.3, 0.4) is 0 Å². The highest BCUT2D eigenvalue weighted by molar-refractivity contribution is 7.80. The number of hydrogen-bond donors (Lipinski definition) is 2. The molecule has 2 amide bonds. The molecule has 0 aliphatic carbocycles. The van der Waals surface area contributed by atoms with Gasteiger partial charge in [0.2, 0.25) is 5.91 Å². The van der Waals surface area contributed by atoms with Gasteiger partial charge in [-0.15, -0.1) is 0 Å². The number of thiol groups is 1. The first-order valence-electron chi connectivity index (χ1n) is 4.54. The molecule has 2 aliphatic heterocycles. The van der Waals surface area contributed by atoms with Crippen LogP contribution in [0.15, 0.2) is 0 Å². The lowest BCUT2D eigenvalue weighted by atomic mass is 10.1. The molecule has 2 heterocycles. The number of likely N-dealkylation sites (tertiary alicyclic amines) is 1. The summed E-state index contributed by atoms with van der Waals surface area (Å²) >= 11 is 4.15.